The first kappa shape index (κ1) is 16.6. The highest BCUT2D eigenvalue weighted by Gasteiger charge is 2.46. The summed E-state index contributed by atoms with van der Waals surface area (Å²) >= 11 is 0. The zero-order chi connectivity index (χ0) is 17.0. The highest BCUT2D eigenvalue weighted by Crippen LogP contribution is 2.39. The molecule has 3 rings (SSSR count). The van der Waals surface area contributed by atoms with E-state index in [0.29, 0.717) is 18.5 Å². The maximum absolute atomic E-state index is 13.1. The Labute approximate surface area is 143 Å². The average molecular weight is 321 g/mol. The van der Waals surface area contributed by atoms with Gasteiger partial charge in [0.25, 0.3) is 0 Å². The van der Waals surface area contributed by atoms with E-state index in [-0.39, 0.29) is 5.78 Å². The smallest absolute Gasteiger partial charge is 0.170 e. The van der Waals surface area contributed by atoms with Crippen LogP contribution in [0.15, 0.2) is 73.3 Å². The van der Waals surface area contributed by atoms with Crippen LogP contribution < -0.4 is 0 Å². The number of rotatable bonds is 5. The van der Waals surface area contributed by atoms with Crippen LogP contribution in [0.25, 0.3) is 0 Å². The van der Waals surface area contributed by atoms with Gasteiger partial charge in [-0.1, -0.05) is 66.7 Å². The Morgan fingerprint density at radius 1 is 1.17 bits per heavy atom. The summed E-state index contributed by atoms with van der Waals surface area (Å²) in [5, 5.41) is 11.4. The molecule has 1 saturated heterocycles. The van der Waals surface area contributed by atoms with Crippen molar-refractivity contribution in [1.29, 1.82) is 0 Å². The van der Waals surface area contributed by atoms with Gasteiger partial charge in [-0.3, -0.25) is 9.69 Å². The summed E-state index contributed by atoms with van der Waals surface area (Å²) in [4.78, 5) is 15.3. The van der Waals surface area contributed by atoms with Crippen LogP contribution in [0.1, 0.15) is 22.3 Å². The number of aliphatic hydroxyl groups is 1. The lowest BCUT2D eigenvalue weighted by atomic mass is 9.72. The molecule has 3 heteroatoms. The Morgan fingerprint density at radius 3 is 2.42 bits per heavy atom. The van der Waals surface area contributed by atoms with E-state index in [9.17, 15) is 9.90 Å². The number of hydrogen-bond donors (Lipinski definition) is 1. The van der Waals surface area contributed by atoms with Crippen LogP contribution in [0.5, 0.6) is 0 Å². The van der Waals surface area contributed by atoms with Crippen LogP contribution in [-0.2, 0) is 5.60 Å². The van der Waals surface area contributed by atoms with Crippen molar-refractivity contribution in [3.8, 4) is 0 Å². The Morgan fingerprint density at radius 2 is 1.79 bits per heavy atom. The van der Waals surface area contributed by atoms with E-state index in [1.54, 1.807) is 0 Å². The second-order valence-electron chi connectivity index (χ2n) is 6.37. The molecule has 2 atom stereocenters. The van der Waals surface area contributed by atoms with Gasteiger partial charge in [0.1, 0.15) is 5.60 Å². The molecule has 0 bridgehead atoms. The second kappa shape index (κ2) is 7.12. The van der Waals surface area contributed by atoms with Crippen molar-refractivity contribution in [1.82, 2.24) is 4.90 Å². The zero-order valence-corrected chi connectivity index (χ0v) is 13.8. The number of ketones is 1. The van der Waals surface area contributed by atoms with E-state index in [1.165, 1.54) is 0 Å². The van der Waals surface area contributed by atoms with Crippen LogP contribution in [0.2, 0.25) is 0 Å². The van der Waals surface area contributed by atoms with Crippen molar-refractivity contribution >= 4 is 5.78 Å². The number of nitrogens with zero attached hydrogens (tertiary/aromatic N) is 1. The lowest BCUT2D eigenvalue weighted by molar-refractivity contribution is -0.0620. The maximum atomic E-state index is 13.1. The summed E-state index contributed by atoms with van der Waals surface area (Å²) in [6, 6.07) is 18.8. The number of likely N-dealkylation sites (tertiary alicyclic amines) is 1. The molecule has 1 heterocycles. The van der Waals surface area contributed by atoms with Gasteiger partial charge in [0, 0.05) is 25.2 Å². The summed E-state index contributed by atoms with van der Waals surface area (Å²) in [7, 11) is 0. The second-order valence-corrected chi connectivity index (χ2v) is 6.37. The minimum absolute atomic E-state index is 0.00397. The molecule has 2 aromatic carbocycles. The van der Waals surface area contributed by atoms with Crippen LogP contribution >= 0.6 is 0 Å². The number of piperidine rings is 1. The van der Waals surface area contributed by atoms with Gasteiger partial charge in [0.05, 0.1) is 5.92 Å². The Kier molecular flexibility index (Phi) is 4.93. The molecule has 0 spiro atoms. The van der Waals surface area contributed by atoms with E-state index >= 15 is 0 Å². The van der Waals surface area contributed by atoms with Crippen molar-refractivity contribution in [3.63, 3.8) is 0 Å². The van der Waals surface area contributed by atoms with Crippen LogP contribution in [0.4, 0.5) is 0 Å². The molecule has 0 unspecified atom stereocenters. The molecule has 1 N–H and O–H groups in total. The minimum Gasteiger partial charge on any atom is -0.384 e. The van der Waals surface area contributed by atoms with Gasteiger partial charge in [0.2, 0.25) is 0 Å². The third-order valence-corrected chi connectivity index (χ3v) is 4.86. The van der Waals surface area contributed by atoms with Crippen molar-refractivity contribution in [2.75, 3.05) is 19.6 Å². The van der Waals surface area contributed by atoms with Crippen LogP contribution in [-0.4, -0.2) is 35.4 Å². The van der Waals surface area contributed by atoms with Gasteiger partial charge < -0.3 is 5.11 Å². The fourth-order valence-corrected chi connectivity index (χ4v) is 3.53. The summed E-state index contributed by atoms with van der Waals surface area (Å²) in [6.45, 7) is 5.79. The summed E-state index contributed by atoms with van der Waals surface area (Å²) in [5.41, 5.74) is 0.334. The van der Waals surface area contributed by atoms with Gasteiger partial charge in [-0.25, -0.2) is 0 Å². The van der Waals surface area contributed by atoms with Gasteiger partial charge >= 0.3 is 0 Å². The van der Waals surface area contributed by atoms with E-state index < -0.39 is 11.5 Å². The first-order chi connectivity index (χ1) is 11.6. The average Bonchev–Trinajstić information content (AvgIpc) is 2.64. The lowest BCUT2D eigenvalue weighted by Crippen LogP contribution is -2.53. The summed E-state index contributed by atoms with van der Waals surface area (Å²) in [6.07, 6.45) is 2.38. The van der Waals surface area contributed by atoms with Crippen molar-refractivity contribution in [2.24, 2.45) is 5.92 Å². The third kappa shape index (κ3) is 3.18. The van der Waals surface area contributed by atoms with Gasteiger partial charge in [-0.2, -0.15) is 0 Å². The molecular formula is C21H23NO2. The molecule has 0 aliphatic carbocycles. The molecule has 24 heavy (non-hydrogen) atoms. The third-order valence-electron chi connectivity index (χ3n) is 4.86. The summed E-state index contributed by atoms with van der Waals surface area (Å²) in [5.74, 6) is -0.494. The van der Waals surface area contributed by atoms with E-state index in [0.717, 1.165) is 18.7 Å². The highest BCUT2D eigenvalue weighted by molar-refractivity contribution is 5.99. The fraction of sp³-hybridized carbons (Fsp3) is 0.286. The molecule has 1 aliphatic rings. The lowest BCUT2D eigenvalue weighted by Gasteiger charge is -2.44. The topological polar surface area (TPSA) is 40.5 Å². The monoisotopic (exact) mass is 321 g/mol. The predicted octanol–water partition coefficient (Wildman–Crippen LogP) is 3.27. The highest BCUT2D eigenvalue weighted by atomic mass is 16.3. The maximum Gasteiger partial charge on any atom is 0.170 e. The largest absolute Gasteiger partial charge is 0.384 e. The molecule has 1 fully saturated rings. The number of Topliss-reactive ketones (excluding diaryl/α,β-unsaturated/α-hetero) is 1. The van der Waals surface area contributed by atoms with E-state index in [1.807, 2.05) is 66.7 Å². The Bertz CT molecular complexity index is 698. The van der Waals surface area contributed by atoms with E-state index in [2.05, 4.69) is 11.5 Å². The molecule has 1 aliphatic heterocycles. The molecule has 0 saturated carbocycles. The van der Waals surface area contributed by atoms with Gasteiger partial charge in [0.15, 0.2) is 5.78 Å². The summed E-state index contributed by atoms with van der Waals surface area (Å²) < 4.78 is 0. The molecular weight excluding hydrogens is 298 g/mol. The number of carbonyl (C=O) groups is 1. The minimum atomic E-state index is -1.13. The van der Waals surface area contributed by atoms with Gasteiger partial charge in [-0.15, -0.1) is 6.58 Å². The number of carbonyl (C=O) groups excluding carboxylic acids is 1. The first-order valence-electron chi connectivity index (χ1n) is 8.35. The van der Waals surface area contributed by atoms with Crippen molar-refractivity contribution in [2.45, 2.75) is 12.0 Å². The predicted molar refractivity (Wildman–Crippen MR) is 95.9 cm³/mol. The van der Waals surface area contributed by atoms with Gasteiger partial charge in [-0.05, 0) is 12.0 Å². The first-order valence-corrected chi connectivity index (χ1v) is 8.35. The van der Waals surface area contributed by atoms with E-state index in [4.69, 9.17) is 0 Å². The number of hydrogen-bond acceptors (Lipinski definition) is 3. The standard InChI is InChI=1S/C21H23NO2/c1-2-14-22-15-13-21(24,18-11-7-4-8-12-18)19(16-22)20(23)17-9-5-3-6-10-17/h2-12,19,24H,1,13-16H2/t19-,21+/m1/s1. The molecule has 2 aromatic rings. The molecule has 3 nitrogen and oxygen atoms in total. The SMILES string of the molecule is C=CCN1CC[C@](O)(c2ccccc2)[C@@H](C(=O)c2ccccc2)C1. The van der Waals surface area contributed by atoms with Crippen molar-refractivity contribution < 1.29 is 9.90 Å². The van der Waals surface area contributed by atoms with Crippen molar-refractivity contribution in [3.05, 3.63) is 84.4 Å². The number of benzene rings is 2. The normalized spacial score (nSPS) is 24.5. The zero-order valence-electron chi connectivity index (χ0n) is 13.8. The van der Waals surface area contributed by atoms with Crippen LogP contribution in [0, 0.1) is 5.92 Å². The fourth-order valence-electron chi connectivity index (χ4n) is 3.53. The molecule has 0 aromatic heterocycles. The quantitative estimate of drug-likeness (QED) is 0.679. The Balaban J connectivity index is 1.97. The molecule has 0 amide bonds. The molecule has 124 valence electrons. The Hall–Kier alpha value is -2.23. The van der Waals surface area contributed by atoms with Crippen LogP contribution in [0.3, 0.4) is 0 Å². The molecule has 0 radical (unpaired) electrons.